The number of hydrogen-bond donors (Lipinski definition) is 1. The minimum Gasteiger partial charge on any atom is -0.498 e. The van der Waals surface area contributed by atoms with Gasteiger partial charge in [-0.05, 0) is 55.5 Å². The lowest BCUT2D eigenvalue weighted by Crippen LogP contribution is -2.17. The highest BCUT2D eigenvalue weighted by atomic mass is 35.5. The van der Waals surface area contributed by atoms with E-state index in [4.69, 9.17) is 21.1 Å². The molecule has 0 aliphatic heterocycles. The third kappa shape index (κ3) is 5.31. The lowest BCUT2D eigenvalue weighted by molar-refractivity contribution is -0.116. The van der Waals surface area contributed by atoms with Crippen molar-refractivity contribution in [3.05, 3.63) is 46.7 Å². The maximum Gasteiger partial charge on any atom is 0.226 e. The Kier molecular flexibility index (Phi) is 6.88. The molecule has 0 saturated heterocycles. The van der Waals surface area contributed by atoms with Crippen LogP contribution in [-0.4, -0.2) is 31.2 Å². The van der Waals surface area contributed by atoms with Crippen molar-refractivity contribution < 1.29 is 14.3 Å². The zero-order valence-electron chi connectivity index (χ0n) is 15.5. The normalized spacial score (nSPS) is 16.8. The van der Waals surface area contributed by atoms with E-state index < -0.39 is 0 Å². The van der Waals surface area contributed by atoms with Crippen molar-refractivity contribution in [3.8, 4) is 0 Å². The molecule has 0 spiro atoms. The summed E-state index contributed by atoms with van der Waals surface area (Å²) in [5, 5.41) is 4.17. The van der Waals surface area contributed by atoms with Gasteiger partial charge in [0.1, 0.15) is 11.9 Å². The van der Waals surface area contributed by atoms with Gasteiger partial charge in [-0.2, -0.15) is 0 Å². The molecule has 27 heavy (non-hydrogen) atoms. The minimum atomic E-state index is -0.00894. The number of ether oxygens (including phenoxy) is 2. The minimum absolute atomic E-state index is 0.00761. The Hall–Kier alpha value is -1.89. The number of carbonyl (C=O) groups is 1. The molecule has 1 heterocycles. The Labute approximate surface area is 168 Å². The summed E-state index contributed by atoms with van der Waals surface area (Å²) in [4.78, 5) is 16.6. The molecule has 1 N–H and O–H groups in total. The van der Waals surface area contributed by atoms with Crippen molar-refractivity contribution in [1.29, 1.82) is 0 Å². The smallest absolute Gasteiger partial charge is 0.226 e. The van der Waals surface area contributed by atoms with Gasteiger partial charge in [-0.15, -0.1) is 0 Å². The molecule has 1 aliphatic rings. The van der Waals surface area contributed by atoms with E-state index >= 15 is 0 Å². The summed E-state index contributed by atoms with van der Waals surface area (Å²) in [7, 11) is 3.36. The number of methoxy groups -OCH3 is 2. The lowest BCUT2D eigenvalue weighted by atomic mass is 9.98. The largest absolute Gasteiger partial charge is 0.498 e. The highest BCUT2D eigenvalue weighted by molar-refractivity contribution is 7.22. The zero-order valence-corrected chi connectivity index (χ0v) is 17.0. The van der Waals surface area contributed by atoms with Crippen molar-refractivity contribution in [3.63, 3.8) is 0 Å². The first-order valence-electron chi connectivity index (χ1n) is 8.92. The number of amides is 1. The molecule has 2 aromatic rings. The molecular weight excluding hydrogens is 384 g/mol. The molecule has 5 nitrogen and oxygen atoms in total. The number of nitrogens with one attached hydrogen (secondary N) is 1. The predicted octanol–water partition coefficient (Wildman–Crippen LogP) is 5.32. The van der Waals surface area contributed by atoms with Crippen molar-refractivity contribution in [2.24, 2.45) is 0 Å². The molecule has 1 aromatic carbocycles. The second kappa shape index (κ2) is 9.35. The molecule has 0 bridgehead atoms. The monoisotopic (exact) mass is 406 g/mol. The number of hydrogen-bond acceptors (Lipinski definition) is 5. The second-order valence-corrected chi connectivity index (χ2v) is 7.84. The number of rotatable bonds is 8. The highest BCUT2D eigenvalue weighted by Crippen LogP contribution is 2.28. The van der Waals surface area contributed by atoms with E-state index in [1.807, 2.05) is 18.2 Å². The van der Waals surface area contributed by atoms with Crippen molar-refractivity contribution in [2.75, 3.05) is 19.5 Å². The van der Waals surface area contributed by atoms with Crippen molar-refractivity contribution >= 4 is 44.2 Å². The van der Waals surface area contributed by atoms with Crippen LogP contribution in [0, 0.1) is 0 Å². The van der Waals surface area contributed by atoms with Crippen LogP contribution in [0.4, 0.5) is 5.13 Å². The topological polar surface area (TPSA) is 60.5 Å². The molecule has 1 atom stereocenters. The van der Waals surface area contributed by atoms with Gasteiger partial charge in [0.15, 0.2) is 5.13 Å². The summed E-state index contributed by atoms with van der Waals surface area (Å²) in [6.45, 7) is 0. The van der Waals surface area contributed by atoms with Gasteiger partial charge in [-0.3, -0.25) is 4.79 Å². The number of anilines is 1. The van der Waals surface area contributed by atoms with Crippen LogP contribution in [0.25, 0.3) is 10.2 Å². The number of unbranched alkanes of at least 4 members (excludes halogenated alkanes) is 1. The Balaban J connectivity index is 1.43. The molecule has 0 saturated carbocycles. The van der Waals surface area contributed by atoms with Gasteiger partial charge in [0.25, 0.3) is 0 Å². The Morgan fingerprint density at radius 2 is 2.22 bits per heavy atom. The summed E-state index contributed by atoms with van der Waals surface area (Å²) < 4.78 is 11.7. The van der Waals surface area contributed by atoms with E-state index in [1.54, 1.807) is 20.3 Å². The number of fused-ring (bicyclic) bond motifs is 1. The number of aromatic nitrogens is 1. The van der Waals surface area contributed by atoms with Crippen LogP contribution in [0.15, 0.2) is 41.7 Å². The van der Waals surface area contributed by atoms with Gasteiger partial charge < -0.3 is 14.8 Å². The molecule has 3 rings (SSSR count). The molecule has 1 unspecified atom stereocenters. The average molecular weight is 407 g/mol. The van der Waals surface area contributed by atoms with E-state index in [-0.39, 0.29) is 12.0 Å². The number of allylic oxidation sites excluding steroid dienone is 2. The van der Waals surface area contributed by atoms with Gasteiger partial charge in [-0.25, -0.2) is 4.98 Å². The third-order valence-corrected chi connectivity index (χ3v) is 5.64. The summed E-state index contributed by atoms with van der Waals surface area (Å²) in [6, 6.07) is 5.52. The summed E-state index contributed by atoms with van der Waals surface area (Å²) in [5.41, 5.74) is 2.09. The molecule has 0 fully saturated rings. The van der Waals surface area contributed by atoms with Crippen LogP contribution in [0.2, 0.25) is 5.02 Å². The van der Waals surface area contributed by atoms with Gasteiger partial charge in [0.05, 0.1) is 17.3 Å². The number of carbonyl (C=O) groups excluding carboxylic acids is 1. The predicted molar refractivity (Wildman–Crippen MR) is 110 cm³/mol. The zero-order chi connectivity index (χ0) is 19.2. The average Bonchev–Trinajstić information content (AvgIpc) is 3.06. The molecule has 7 heteroatoms. The number of benzene rings is 1. The SMILES string of the molecule is COC1=CC(CCCCC(=O)Nc2nc3ccc(Cl)cc3s2)=CCC1OC. The standard InChI is InChI=1S/C20H23ClN2O3S/c1-25-16-10-7-13(11-17(16)26-2)5-3-4-6-19(24)23-20-22-15-9-8-14(21)12-18(15)27-20/h7-9,11-12,16H,3-6,10H2,1-2H3,(H,22,23,24). The fourth-order valence-electron chi connectivity index (χ4n) is 3.03. The van der Waals surface area contributed by atoms with Crippen molar-refractivity contribution in [1.82, 2.24) is 4.98 Å². The molecule has 1 aliphatic carbocycles. The van der Waals surface area contributed by atoms with Crippen LogP contribution in [0.5, 0.6) is 0 Å². The molecule has 1 aromatic heterocycles. The van der Waals surface area contributed by atoms with E-state index in [9.17, 15) is 4.79 Å². The first-order chi connectivity index (χ1) is 13.1. The van der Waals surface area contributed by atoms with Crippen LogP contribution in [-0.2, 0) is 14.3 Å². The second-order valence-electron chi connectivity index (χ2n) is 6.38. The fraction of sp³-hybridized carbons (Fsp3) is 0.400. The lowest BCUT2D eigenvalue weighted by Gasteiger charge is -2.21. The molecular formula is C20H23ClN2O3S. The Bertz CT molecular complexity index is 875. The van der Waals surface area contributed by atoms with E-state index in [2.05, 4.69) is 16.4 Å². The summed E-state index contributed by atoms with van der Waals surface area (Å²) >= 11 is 7.42. The first kappa shape index (κ1) is 19.9. The number of nitrogens with zero attached hydrogens (tertiary/aromatic N) is 1. The number of thiazole rings is 1. The maximum atomic E-state index is 12.2. The van der Waals surface area contributed by atoms with Crippen LogP contribution in [0.3, 0.4) is 0 Å². The maximum absolute atomic E-state index is 12.2. The third-order valence-electron chi connectivity index (χ3n) is 4.48. The molecule has 1 amide bonds. The quantitative estimate of drug-likeness (QED) is 0.602. The van der Waals surface area contributed by atoms with Crippen LogP contribution in [0.1, 0.15) is 32.1 Å². The molecule has 0 radical (unpaired) electrons. The Morgan fingerprint density at radius 1 is 1.37 bits per heavy atom. The summed E-state index contributed by atoms with van der Waals surface area (Å²) in [5.74, 6) is 0.856. The van der Waals surface area contributed by atoms with Gasteiger partial charge in [0, 0.05) is 18.6 Å². The van der Waals surface area contributed by atoms with Crippen LogP contribution < -0.4 is 5.32 Å². The molecule has 144 valence electrons. The van der Waals surface area contributed by atoms with Crippen LogP contribution >= 0.6 is 22.9 Å². The van der Waals surface area contributed by atoms with E-state index in [0.717, 1.165) is 41.7 Å². The fourth-order valence-corrected chi connectivity index (χ4v) is 4.19. The Morgan fingerprint density at radius 3 is 3.00 bits per heavy atom. The van der Waals surface area contributed by atoms with Gasteiger partial charge in [-0.1, -0.05) is 29.0 Å². The number of halogens is 1. The summed E-state index contributed by atoms with van der Waals surface area (Å²) in [6.07, 6.45) is 8.24. The highest BCUT2D eigenvalue weighted by Gasteiger charge is 2.17. The first-order valence-corrected chi connectivity index (χ1v) is 10.1. The van der Waals surface area contributed by atoms with Crippen molar-refractivity contribution in [2.45, 2.75) is 38.2 Å². The van der Waals surface area contributed by atoms with E-state index in [1.165, 1.54) is 16.9 Å². The van der Waals surface area contributed by atoms with E-state index in [0.29, 0.717) is 16.6 Å². The van der Waals surface area contributed by atoms with Gasteiger partial charge >= 0.3 is 0 Å². The van der Waals surface area contributed by atoms with Gasteiger partial charge in [0.2, 0.25) is 5.91 Å².